The molecule has 0 aliphatic carbocycles. The third kappa shape index (κ3) is 3.79. The number of aromatic nitrogens is 5. The first-order chi connectivity index (χ1) is 14.3. The van der Waals surface area contributed by atoms with Gasteiger partial charge in [0.05, 0.1) is 16.4 Å². The second kappa shape index (κ2) is 7.77. The van der Waals surface area contributed by atoms with E-state index in [2.05, 4.69) is 48.0 Å². The van der Waals surface area contributed by atoms with Crippen molar-refractivity contribution >= 4 is 23.2 Å². The van der Waals surface area contributed by atoms with E-state index in [0.717, 1.165) is 55.5 Å². The number of nitrogens with zero attached hydrogens (tertiary/aromatic N) is 7. The Morgan fingerprint density at radius 2 is 1.76 bits per heavy atom. The van der Waals surface area contributed by atoms with Crippen molar-refractivity contribution in [2.24, 2.45) is 0 Å². The van der Waals surface area contributed by atoms with Crippen LogP contribution in [-0.4, -0.2) is 55.6 Å². The number of benzene rings is 1. The molecule has 0 saturated carbocycles. The van der Waals surface area contributed by atoms with Gasteiger partial charge in [0.2, 0.25) is 0 Å². The molecule has 1 saturated heterocycles. The van der Waals surface area contributed by atoms with Crippen molar-refractivity contribution in [1.29, 1.82) is 0 Å². The van der Waals surface area contributed by atoms with Crippen LogP contribution in [-0.2, 0) is 6.54 Å². The fourth-order valence-electron chi connectivity index (χ4n) is 3.64. The summed E-state index contributed by atoms with van der Waals surface area (Å²) in [6.45, 7) is 4.53. The number of halogens is 1. The van der Waals surface area contributed by atoms with Crippen LogP contribution in [0.2, 0.25) is 5.02 Å². The van der Waals surface area contributed by atoms with E-state index in [1.54, 1.807) is 12.5 Å². The summed E-state index contributed by atoms with van der Waals surface area (Å²) in [5, 5.41) is 5.06. The molecule has 0 atom stereocenters. The molecule has 1 aliphatic rings. The van der Waals surface area contributed by atoms with Gasteiger partial charge in [0, 0.05) is 50.6 Å². The normalized spacial score (nSPS) is 15.1. The number of hydrogen-bond donors (Lipinski definition) is 0. The molecule has 3 aromatic heterocycles. The highest BCUT2D eigenvalue weighted by atomic mass is 35.5. The van der Waals surface area contributed by atoms with Gasteiger partial charge in [-0.2, -0.15) is 14.6 Å². The van der Waals surface area contributed by atoms with Gasteiger partial charge < -0.3 is 4.90 Å². The van der Waals surface area contributed by atoms with E-state index in [-0.39, 0.29) is 0 Å². The van der Waals surface area contributed by atoms with E-state index in [1.165, 1.54) is 0 Å². The zero-order chi connectivity index (χ0) is 19.6. The van der Waals surface area contributed by atoms with Crippen molar-refractivity contribution < 1.29 is 0 Å². The van der Waals surface area contributed by atoms with E-state index >= 15 is 0 Å². The third-order valence-corrected chi connectivity index (χ3v) is 5.40. The second-order valence-electron chi connectivity index (χ2n) is 7.07. The predicted octanol–water partition coefficient (Wildman–Crippen LogP) is 3.16. The lowest BCUT2D eigenvalue weighted by Crippen LogP contribution is -2.46. The highest BCUT2D eigenvalue weighted by Crippen LogP contribution is 2.24. The summed E-state index contributed by atoms with van der Waals surface area (Å²) in [6.07, 6.45) is 3.26. The average Bonchev–Trinajstić information content (AvgIpc) is 3.25. The molecule has 7 nitrogen and oxygen atoms in total. The highest BCUT2D eigenvalue weighted by molar-refractivity contribution is 6.30. The lowest BCUT2D eigenvalue weighted by molar-refractivity contribution is 0.246. The molecule has 29 heavy (non-hydrogen) atoms. The Labute approximate surface area is 173 Å². The van der Waals surface area contributed by atoms with E-state index in [4.69, 9.17) is 11.6 Å². The molecule has 1 fully saturated rings. The quantitative estimate of drug-likeness (QED) is 0.519. The van der Waals surface area contributed by atoms with Gasteiger partial charge in [0.25, 0.3) is 5.78 Å². The largest absolute Gasteiger partial charge is 0.354 e. The third-order valence-electron chi connectivity index (χ3n) is 5.17. The first-order valence-corrected chi connectivity index (χ1v) is 9.98. The molecule has 0 unspecified atom stereocenters. The molecule has 4 aromatic rings. The zero-order valence-electron chi connectivity index (χ0n) is 15.8. The summed E-state index contributed by atoms with van der Waals surface area (Å²) in [4.78, 5) is 18.2. The fourth-order valence-corrected chi connectivity index (χ4v) is 3.75. The number of hydrogen-bond acceptors (Lipinski definition) is 6. The van der Waals surface area contributed by atoms with Gasteiger partial charge >= 0.3 is 0 Å². The minimum absolute atomic E-state index is 0.620. The van der Waals surface area contributed by atoms with Gasteiger partial charge in [-0.15, -0.1) is 0 Å². The molecule has 146 valence electrons. The fraction of sp³-hybridized carbons (Fsp3) is 0.238. The number of anilines is 1. The van der Waals surface area contributed by atoms with E-state index in [9.17, 15) is 0 Å². The van der Waals surface area contributed by atoms with Crippen LogP contribution < -0.4 is 4.90 Å². The summed E-state index contributed by atoms with van der Waals surface area (Å²) in [5.41, 5.74) is 3.03. The maximum absolute atomic E-state index is 5.94. The molecule has 1 aliphatic heterocycles. The van der Waals surface area contributed by atoms with Crippen LogP contribution in [0.5, 0.6) is 0 Å². The van der Waals surface area contributed by atoms with Gasteiger partial charge in [-0.1, -0.05) is 41.9 Å². The van der Waals surface area contributed by atoms with Crippen LogP contribution in [0.1, 0.15) is 5.69 Å². The van der Waals surface area contributed by atoms with Gasteiger partial charge in [-0.3, -0.25) is 9.88 Å². The average molecular weight is 406 g/mol. The van der Waals surface area contributed by atoms with Crippen LogP contribution in [0, 0.1) is 0 Å². The molecule has 4 heterocycles. The van der Waals surface area contributed by atoms with Crippen LogP contribution in [0.4, 0.5) is 5.82 Å². The Morgan fingerprint density at radius 3 is 2.52 bits per heavy atom. The highest BCUT2D eigenvalue weighted by Gasteiger charge is 2.21. The van der Waals surface area contributed by atoms with E-state index in [0.29, 0.717) is 10.8 Å². The monoisotopic (exact) mass is 405 g/mol. The Morgan fingerprint density at radius 1 is 0.931 bits per heavy atom. The van der Waals surface area contributed by atoms with Gasteiger partial charge in [0.1, 0.15) is 12.1 Å². The smallest absolute Gasteiger partial charge is 0.254 e. The minimum atomic E-state index is 0.620. The number of rotatable bonds is 4. The van der Waals surface area contributed by atoms with Gasteiger partial charge in [-0.05, 0) is 12.1 Å². The molecule has 0 amide bonds. The van der Waals surface area contributed by atoms with Crippen molar-refractivity contribution in [3.8, 4) is 11.3 Å². The van der Waals surface area contributed by atoms with Crippen molar-refractivity contribution in [3.63, 3.8) is 0 Å². The Bertz CT molecular complexity index is 1100. The molecule has 8 heteroatoms. The summed E-state index contributed by atoms with van der Waals surface area (Å²) >= 11 is 5.94. The molecular formula is C21H20ClN7. The van der Waals surface area contributed by atoms with Crippen molar-refractivity contribution in [3.05, 3.63) is 71.8 Å². The summed E-state index contributed by atoms with van der Waals surface area (Å²) in [5.74, 6) is 1.64. The van der Waals surface area contributed by atoms with Crippen molar-refractivity contribution in [2.45, 2.75) is 6.54 Å². The zero-order valence-corrected chi connectivity index (χ0v) is 16.6. The Kier molecular flexibility index (Phi) is 4.83. The van der Waals surface area contributed by atoms with Crippen LogP contribution >= 0.6 is 11.6 Å². The molecule has 0 radical (unpaired) electrons. The summed E-state index contributed by atoms with van der Waals surface area (Å²) in [6, 6.07) is 16.2. The Hall–Kier alpha value is -3.03. The number of piperazine rings is 1. The Balaban J connectivity index is 1.36. The maximum Gasteiger partial charge on any atom is 0.254 e. The van der Waals surface area contributed by atoms with E-state index < -0.39 is 0 Å². The molecule has 0 N–H and O–H groups in total. The van der Waals surface area contributed by atoms with Crippen LogP contribution in [0.3, 0.4) is 0 Å². The topological polar surface area (TPSA) is 62.5 Å². The first-order valence-electron chi connectivity index (χ1n) is 9.60. The van der Waals surface area contributed by atoms with Gasteiger partial charge in [-0.25, -0.2) is 4.98 Å². The molecule has 1 aromatic carbocycles. The molecular weight excluding hydrogens is 386 g/mol. The lowest BCUT2D eigenvalue weighted by atomic mass is 10.1. The molecule has 5 rings (SSSR count). The molecule has 0 spiro atoms. The minimum Gasteiger partial charge on any atom is -0.354 e. The van der Waals surface area contributed by atoms with Crippen molar-refractivity contribution in [2.75, 3.05) is 31.1 Å². The van der Waals surface area contributed by atoms with Gasteiger partial charge in [0.15, 0.2) is 0 Å². The SMILES string of the molecule is Clc1ccc(CN2CCN(c3cc(-c4ccccc4)nc4ncnn34)CC2)nc1. The lowest BCUT2D eigenvalue weighted by Gasteiger charge is -2.35. The first kappa shape index (κ1) is 18.0. The maximum atomic E-state index is 5.94. The number of pyridine rings is 1. The van der Waals surface area contributed by atoms with Crippen molar-refractivity contribution in [1.82, 2.24) is 29.5 Å². The predicted molar refractivity (Wildman–Crippen MR) is 113 cm³/mol. The van der Waals surface area contributed by atoms with E-state index in [1.807, 2.05) is 34.8 Å². The summed E-state index contributed by atoms with van der Waals surface area (Å²) < 4.78 is 1.82. The second-order valence-corrected chi connectivity index (χ2v) is 7.50. The van der Waals surface area contributed by atoms with Crippen LogP contribution in [0.15, 0.2) is 61.1 Å². The standard InChI is InChI=1S/C21H20ClN7/c22-17-6-7-18(23-13-17)14-27-8-10-28(11-9-27)20-12-19(16-4-2-1-3-5-16)26-21-24-15-25-29(20)21/h1-7,12-13,15H,8-11,14H2. The molecule has 0 bridgehead atoms. The summed E-state index contributed by atoms with van der Waals surface area (Å²) in [7, 11) is 0. The number of fused-ring (bicyclic) bond motifs is 1. The van der Waals surface area contributed by atoms with Crippen LogP contribution in [0.25, 0.3) is 17.0 Å².